The second-order valence-electron chi connectivity index (χ2n) is 6.84. The van der Waals surface area contributed by atoms with Crippen LogP contribution in [0.2, 0.25) is 0 Å². The second kappa shape index (κ2) is 6.11. The molecule has 1 aliphatic heterocycles. The number of amides is 2. The minimum absolute atomic E-state index is 0.00296. The van der Waals surface area contributed by atoms with Crippen LogP contribution in [0.5, 0.6) is 0 Å². The summed E-state index contributed by atoms with van der Waals surface area (Å²) in [5.74, 6) is -0.0295. The molecule has 4 heteroatoms. The van der Waals surface area contributed by atoms with Gasteiger partial charge in [0.2, 0.25) is 11.8 Å². The topological polar surface area (TPSA) is 58.2 Å². The number of fused-ring (bicyclic) bond motifs is 1. The van der Waals surface area contributed by atoms with Crippen LogP contribution in [0.3, 0.4) is 0 Å². The van der Waals surface area contributed by atoms with Gasteiger partial charge in [0.05, 0.1) is 17.9 Å². The molecule has 0 bridgehead atoms. The molecule has 0 saturated carbocycles. The third-order valence-electron chi connectivity index (χ3n) is 4.61. The molecule has 1 heterocycles. The van der Waals surface area contributed by atoms with Gasteiger partial charge < -0.3 is 10.6 Å². The molecule has 1 aliphatic rings. The Bertz CT molecular complexity index is 781. The van der Waals surface area contributed by atoms with Crippen LogP contribution in [-0.4, -0.2) is 11.8 Å². The molecule has 0 saturated heterocycles. The van der Waals surface area contributed by atoms with Crippen LogP contribution in [-0.2, 0) is 21.4 Å². The summed E-state index contributed by atoms with van der Waals surface area (Å²) in [5, 5.41) is 5.90. The van der Waals surface area contributed by atoms with Crippen LogP contribution in [0.15, 0.2) is 48.5 Å². The van der Waals surface area contributed by atoms with Crippen molar-refractivity contribution in [3.8, 4) is 0 Å². The van der Waals surface area contributed by atoms with Crippen LogP contribution < -0.4 is 10.6 Å². The summed E-state index contributed by atoms with van der Waals surface area (Å²) in [6.07, 6.45) is 0.300. The molecule has 0 aliphatic carbocycles. The normalized spacial score (nSPS) is 16.2. The molecule has 2 N–H and O–H groups in total. The van der Waals surface area contributed by atoms with Gasteiger partial charge in [0.25, 0.3) is 0 Å². The van der Waals surface area contributed by atoms with Crippen LogP contribution in [0.25, 0.3) is 0 Å². The second-order valence-corrected chi connectivity index (χ2v) is 6.84. The molecule has 24 heavy (non-hydrogen) atoms. The van der Waals surface area contributed by atoms with Crippen molar-refractivity contribution in [3.63, 3.8) is 0 Å². The monoisotopic (exact) mass is 322 g/mol. The smallest absolute Gasteiger partial charge is 0.234 e. The Morgan fingerprint density at radius 1 is 1.17 bits per heavy atom. The number of carbonyl (C=O) groups is 2. The maximum Gasteiger partial charge on any atom is 0.234 e. The Labute approximate surface area is 142 Å². The molecule has 2 aromatic carbocycles. The Morgan fingerprint density at radius 2 is 1.88 bits per heavy atom. The lowest BCUT2D eigenvalue weighted by atomic mass is 9.85. The fourth-order valence-electron chi connectivity index (χ4n) is 3.03. The summed E-state index contributed by atoms with van der Waals surface area (Å²) >= 11 is 0. The lowest BCUT2D eigenvalue weighted by molar-refractivity contribution is -0.121. The summed E-state index contributed by atoms with van der Waals surface area (Å²) in [7, 11) is 0. The highest BCUT2D eigenvalue weighted by Gasteiger charge is 2.38. The zero-order chi connectivity index (χ0) is 17.3. The van der Waals surface area contributed by atoms with E-state index in [1.165, 1.54) is 0 Å². The zero-order valence-electron chi connectivity index (χ0n) is 14.2. The van der Waals surface area contributed by atoms with Gasteiger partial charge in [-0.1, -0.05) is 42.5 Å². The quantitative estimate of drug-likeness (QED) is 0.907. The van der Waals surface area contributed by atoms with Gasteiger partial charge in [-0.25, -0.2) is 0 Å². The van der Waals surface area contributed by atoms with Gasteiger partial charge >= 0.3 is 0 Å². The highest BCUT2D eigenvalue weighted by atomic mass is 16.2. The van der Waals surface area contributed by atoms with E-state index in [9.17, 15) is 9.59 Å². The van der Waals surface area contributed by atoms with Gasteiger partial charge in [-0.3, -0.25) is 9.59 Å². The third-order valence-corrected chi connectivity index (χ3v) is 4.61. The van der Waals surface area contributed by atoms with Crippen LogP contribution in [0, 0.1) is 0 Å². The fraction of sp³-hybridized carbons (Fsp3) is 0.300. The fourth-order valence-corrected chi connectivity index (χ4v) is 3.03. The van der Waals surface area contributed by atoms with Crippen molar-refractivity contribution in [1.82, 2.24) is 5.32 Å². The van der Waals surface area contributed by atoms with Crippen molar-refractivity contribution in [2.75, 3.05) is 5.32 Å². The Balaban J connectivity index is 1.70. The van der Waals surface area contributed by atoms with Crippen molar-refractivity contribution in [2.24, 2.45) is 0 Å². The average Bonchev–Trinajstić information content (AvgIpc) is 2.78. The van der Waals surface area contributed by atoms with E-state index < -0.39 is 5.41 Å². The Kier molecular flexibility index (Phi) is 4.14. The van der Waals surface area contributed by atoms with Gasteiger partial charge in [0.1, 0.15) is 0 Å². The largest absolute Gasteiger partial charge is 0.349 e. The first-order valence-electron chi connectivity index (χ1n) is 8.17. The maximum absolute atomic E-state index is 12.3. The lowest BCUT2D eigenvalue weighted by Crippen LogP contribution is -2.28. The maximum atomic E-state index is 12.3. The summed E-state index contributed by atoms with van der Waals surface area (Å²) in [6.45, 7) is 5.77. The molecule has 4 nitrogen and oxygen atoms in total. The summed E-state index contributed by atoms with van der Waals surface area (Å²) in [4.78, 5) is 24.3. The van der Waals surface area contributed by atoms with Gasteiger partial charge in [-0.05, 0) is 43.5 Å². The molecule has 124 valence electrons. The Morgan fingerprint density at radius 3 is 2.58 bits per heavy atom. The summed E-state index contributed by atoms with van der Waals surface area (Å²) in [6, 6.07) is 15.6. The molecule has 1 unspecified atom stereocenters. The van der Waals surface area contributed by atoms with Gasteiger partial charge in [0, 0.05) is 5.69 Å². The van der Waals surface area contributed by atoms with E-state index in [1.54, 1.807) is 0 Å². The number of nitrogens with one attached hydrogen (secondary N) is 2. The SMILES string of the molecule is CC(NC(=O)Cc1ccc2c(c1)C(C)(C)C(=O)N2)c1ccccc1. The number of benzene rings is 2. The number of rotatable bonds is 4. The number of hydrogen-bond acceptors (Lipinski definition) is 2. The molecule has 3 rings (SSSR count). The molecule has 1 atom stereocenters. The van der Waals surface area contributed by atoms with E-state index in [0.29, 0.717) is 6.42 Å². The molecule has 0 aromatic heterocycles. The van der Waals surface area contributed by atoms with Crippen LogP contribution >= 0.6 is 0 Å². The first kappa shape index (κ1) is 16.2. The molecule has 0 spiro atoms. The van der Waals surface area contributed by atoms with Crippen molar-refractivity contribution < 1.29 is 9.59 Å². The summed E-state index contributed by atoms with van der Waals surface area (Å²) in [5.41, 5.74) is 3.23. The van der Waals surface area contributed by atoms with E-state index in [4.69, 9.17) is 0 Å². The molecule has 2 amide bonds. The van der Waals surface area contributed by atoms with Gasteiger partial charge in [0.15, 0.2) is 0 Å². The standard InChI is InChI=1S/C20H22N2O2/c1-13(15-7-5-4-6-8-15)21-18(23)12-14-9-10-17-16(11-14)20(2,3)19(24)22-17/h4-11,13H,12H2,1-3H3,(H,21,23)(H,22,24). The van der Waals surface area contributed by atoms with Crippen LogP contribution in [0.4, 0.5) is 5.69 Å². The van der Waals surface area contributed by atoms with Crippen molar-refractivity contribution >= 4 is 17.5 Å². The van der Waals surface area contributed by atoms with E-state index >= 15 is 0 Å². The molecule has 0 fully saturated rings. The lowest BCUT2D eigenvalue weighted by Gasteiger charge is -2.17. The first-order chi connectivity index (χ1) is 11.4. The number of anilines is 1. The Hall–Kier alpha value is -2.62. The number of carbonyl (C=O) groups excluding carboxylic acids is 2. The van der Waals surface area contributed by atoms with Gasteiger partial charge in [-0.2, -0.15) is 0 Å². The predicted octanol–water partition coefficient (Wildman–Crippen LogP) is 3.34. The van der Waals surface area contributed by atoms with Crippen molar-refractivity contribution in [1.29, 1.82) is 0 Å². The minimum Gasteiger partial charge on any atom is -0.349 e. The van der Waals surface area contributed by atoms with Crippen molar-refractivity contribution in [2.45, 2.75) is 38.6 Å². The van der Waals surface area contributed by atoms with E-state index in [0.717, 1.165) is 22.4 Å². The molecular formula is C20H22N2O2. The first-order valence-corrected chi connectivity index (χ1v) is 8.17. The highest BCUT2D eigenvalue weighted by Crippen LogP contribution is 2.37. The van der Waals surface area contributed by atoms with E-state index in [1.807, 2.05) is 69.3 Å². The molecule has 2 aromatic rings. The van der Waals surface area contributed by atoms with Crippen LogP contribution in [0.1, 0.15) is 43.5 Å². The van der Waals surface area contributed by atoms with Gasteiger partial charge in [-0.15, -0.1) is 0 Å². The third kappa shape index (κ3) is 3.04. The molecular weight excluding hydrogens is 300 g/mol. The van der Waals surface area contributed by atoms with E-state index in [-0.39, 0.29) is 17.9 Å². The zero-order valence-corrected chi connectivity index (χ0v) is 14.2. The summed E-state index contributed by atoms with van der Waals surface area (Å²) < 4.78 is 0. The average molecular weight is 322 g/mol. The predicted molar refractivity (Wildman–Crippen MR) is 94.8 cm³/mol. The van der Waals surface area contributed by atoms with Crippen molar-refractivity contribution in [3.05, 3.63) is 65.2 Å². The van der Waals surface area contributed by atoms with E-state index in [2.05, 4.69) is 10.6 Å². The number of hydrogen-bond donors (Lipinski definition) is 2. The molecule has 0 radical (unpaired) electrons. The highest BCUT2D eigenvalue weighted by molar-refractivity contribution is 6.05. The minimum atomic E-state index is -0.556.